The van der Waals surface area contributed by atoms with Gasteiger partial charge in [0.2, 0.25) is 0 Å². The van der Waals surface area contributed by atoms with Crippen LogP contribution in [0.3, 0.4) is 0 Å². The zero-order chi connectivity index (χ0) is 21.6. The Morgan fingerprint density at radius 1 is 1.07 bits per heavy atom. The number of carboxylic acids is 2. The highest BCUT2D eigenvalue weighted by atomic mass is 35.5. The fourth-order valence-electron chi connectivity index (χ4n) is 2.63. The normalized spacial score (nSPS) is 12.0. The number of hydrogen-bond acceptors (Lipinski definition) is 5. The summed E-state index contributed by atoms with van der Waals surface area (Å²) in [6.07, 6.45) is 0.603. The second-order valence-electron chi connectivity index (χ2n) is 7.03. The number of hydrogen-bond donors (Lipinski definition) is 3. The zero-order valence-corrected chi connectivity index (χ0v) is 17.5. The monoisotopic (exact) mass is 435 g/mol. The average Bonchev–Trinajstić information content (AvgIpc) is 3.07. The van der Waals surface area contributed by atoms with Crippen molar-refractivity contribution in [1.29, 1.82) is 0 Å². The molecule has 1 heterocycles. The lowest BCUT2D eigenvalue weighted by Crippen LogP contribution is -2.35. The van der Waals surface area contributed by atoms with E-state index < -0.39 is 11.9 Å². The third-order valence-electron chi connectivity index (χ3n) is 3.82. The van der Waals surface area contributed by atoms with Gasteiger partial charge >= 0.3 is 11.9 Å². The van der Waals surface area contributed by atoms with Gasteiger partial charge in [0.05, 0.1) is 4.34 Å². The molecule has 4 N–H and O–H groups in total. The first kappa shape index (κ1) is 22.7. The molecular formula is C21H22ClNO5S. The summed E-state index contributed by atoms with van der Waals surface area (Å²) >= 11 is 7.65. The van der Waals surface area contributed by atoms with Crippen LogP contribution in [0, 0.1) is 0 Å². The summed E-state index contributed by atoms with van der Waals surface area (Å²) in [5.74, 6) is -2.77. The van der Waals surface area contributed by atoms with E-state index in [4.69, 9.17) is 41.9 Å². The van der Waals surface area contributed by atoms with Gasteiger partial charge in [-0.1, -0.05) is 48.0 Å². The summed E-state index contributed by atoms with van der Waals surface area (Å²) in [4.78, 5) is 19.3. The van der Waals surface area contributed by atoms with Crippen LogP contribution in [0.5, 0.6) is 5.75 Å². The van der Waals surface area contributed by atoms with E-state index in [0.717, 1.165) is 20.3 Å². The molecule has 1 atom stereocenters. The molecule has 3 aromatic rings. The van der Waals surface area contributed by atoms with Crippen LogP contribution < -0.4 is 10.5 Å². The summed E-state index contributed by atoms with van der Waals surface area (Å²) in [5, 5.41) is 17.1. The van der Waals surface area contributed by atoms with E-state index >= 15 is 0 Å². The van der Waals surface area contributed by atoms with Gasteiger partial charge in [0.1, 0.15) is 11.9 Å². The minimum atomic E-state index is -1.82. The molecular weight excluding hydrogens is 414 g/mol. The van der Waals surface area contributed by atoms with Crippen molar-refractivity contribution in [2.24, 2.45) is 5.73 Å². The largest absolute Gasteiger partial charge is 0.484 e. The highest BCUT2D eigenvalue weighted by molar-refractivity contribution is 7.16. The molecule has 0 aliphatic rings. The molecule has 0 saturated carbocycles. The minimum absolute atomic E-state index is 0.113. The third-order valence-corrected chi connectivity index (χ3v) is 5.15. The van der Waals surface area contributed by atoms with E-state index in [9.17, 15) is 0 Å². The SMILES string of the molecule is CC(C)(N)CC(Oc1cccc2ccccc12)c1ccc(Cl)s1.O=C(O)C(=O)O. The average molecular weight is 436 g/mol. The Labute approximate surface area is 177 Å². The molecule has 8 heteroatoms. The van der Waals surface area contributed by atoms with Crippen LogP contribution in [0.25, 0.3) is 10.8 Å². The number of halogens is 1. The molecule has 0 fully saturated rings. The number of benzene rings is 2. The lowest BCUT2D eigenvalue weighted by Gasteiger charge is -2.26. The molecule has 0 aliphatic heterocycles. The number of ether oxygens (including phenoxy) is 1. The Bertz CT molecular complexity index is 979. The van der Waals surface area contributed by atoms with Gasteiger partial charge < -0.3 is 20.7 Å². The van der Waals surface area contributed by atoms with E-state index in [1.54, 1.807) is 11.3 Å². The Hall–Kier alpha value is -2.61. The molecule has 3 rings (SSSR count). The van der Waals surface area contributed by atoms with Crippen LogP contribution in [0.4, 0.5) is 0 Å². The van der Waals surface area contributed by atoms with Crippen molar-refractivity contribution < 1.29 is 24.5 Å². The highest BCUT2D eigenvalue weighted by Gasteiger charge is 2.24. The lowest BCUT2D eigenvalue weighted by atomic mass is 9.97. The fourth-order valence-corrected chi connectivity index (χ4v) is 3.72. The van der Waals surface area contributed by atoms with Crippen LogP contribution in [0.2, 0.25) is 4.34 Å². The zero-order valence-electron chi connectivity index (χ0n) is 16.0. The number of aliphatic carboxylic acids is 2. The fraction of sp³-hybridized carbons (Fsp3) is 0.238. The van der Waals surface area contributed by atoms with Gasteiger partial charge in [-0.05, 0) is 37.4 Å². The lowest BCUT2D eigenvalue weighted by molar-refractivity contribution is -0.159. The third kappa shape index (κ3) is 7.05. The number of carboxylic acid groups (broad SMARTS) is 2. The van der Waals surface area contributed by atoms with Gasteiger partial charge in [0.25, 0.3) is 0 Å². The van der Waals surface area contributed by atoms with Gasteiger partial charge in [-0.2, -0.15) is 0 Å². The molecule has 1 aromatic heterocycles. The number of fused-ring (bicyclic) bond motifs is 1. The smallest absolute Gasteiger partial charge is 0.414 e. The topological polar surface area (TPSA) is 110 Å². The van der Waals surface area contributed by atoms with Gasteiger partial charge in [0.15, 0.2) is 0 Å². The van der Waals surface area contributed by atoms with Crippen molar-refractivity contribution in [2.75, 3.05) is 0 Å². The molecule has 154 valence electrons. The van der Waals surface area contributed by atoms with Crippen molar-refractivity contribution in [2.45, 2.75) is 31.9 Å². The first-order valence-electron chi connectivity index (χ1n) is 8.71. The second kappa shape index (κ2) is 9.73. The molecule has 0 radical (unpaired) electrons. The molecule has 0 bridgehead atoms. The van der Waals surface area contributed by atoms with E-state index in [2.05, 4.69) is 18.2 Å². The highest BCUT2D eigenvalue weighted by Crippen LogP contribution is 2.36. The number of rotatable bonds is 5. The molecule has 0 amide bonds. The van der Waals surface area contributed by atoms with Crippen LogP contribution in [-0.4, -0.2) is 27.7 Å². The van der Waals surface area contributed by atoms with E-state index in [1.165, 1.54) is 5.39 Å². The van der Waals surface area contributed by atoms with E-state index in [-0.39, 0.29) is 11.6 Å². The number of nitrogens with two attached hydrogens (primary N) is 1. The quantitative estimate of drug-likeness (QED) is 0.488. The molecule has 0 spiro atoms. The van der Waals surface area contributed by atoms with Crippen LogP contribution in [0.1, 0.15) is 31.2 Å². The summed E-state index contributed by atoms with van der Waals surface area (Å²) in [6, 6.07) is 18.3. The maximum Gasteiger partial charge on any atom is 0.414 e. The van der Waals surface area contributed by atoms with Crippen molar-refractivity contribution in [1.82, 2.24) is 0 Å². The van der Waals surface area contributed by atoms with Crippen molar-refractivity contribution >= 4 is 45.6 Å². The minimum Gasteiger partial charge on any atom is -0.484 e. The van der Waals surface area contributed by atoms with E-state index in [0.29, 0.717) is 6.42 Å². The van der Waals surface area contributed by atoms with Crippen molar-refractivity contribution in [3.8, 4) is 5.75 Å². The van der Waals surface area contributed by atoms with E-state index in [1.807, 2.05) is 50.2 Å². The molecule has 6 nitrogen and oxygen atoms in total. The Morgan fingerprint density at radius 2 is 1.69 bits per heavy atom. The maximum absolute atomic E-state index is 9.10. The van der Waals surface area contributed by atoms with Crippen LogP contribution in [0.15, 0.2) is 54.6 Å². The molecule has 2 aromatic carbocycles. The molecule has 0 aliphatic carbocycles. The van der Waals surface area contributed by atoms with Gasteiger partial charge in [0, 0.05) is 22.2 Å². The van der Waals surface area contributed by atoms with Crippen molar-refractivity contribution in [3.05, 3.63) is 63.8 Å². The predicted molar refractivity (Wildman–Crippen MR) is 115 cm³/mol. The van der Waals surface area contributed by atoms with Gasteiger partial charge in [-0.3, -0.25) is 0 Å². The molecule has 0 saturated heterocycles. The maximum atomic E-state index is 9.10. The van der Waals surface area contributed by atoms with Crippen LogP contribution in [-0.2, 0) is 9.59 Å². The van der Waals surface area contributed by atoms with Crippen molar-refractivity contribution in [3.63, 3.8) is 0 Å². The Morgan fingerprint density at radius 3 is 2.24 bits per heavy atom. The summed E-state index contributed by atoms with van der Waals surface area (Å²) in [5.41, 5.74) is 5.91. The summed E-state index contributed by atoms with van der Waals surface area (Å²) in [7, 11) is 0. The Kier molecular flexibility index (Phi) is 7.61. The first-order valence-corrected chi connectivity index (χ1v) is 9.91. The molecule has 1 unspecified atom stereocenters. The van der Waals surface area contributed by atoms with Gasteiger partial charge in [-0.25, -0.2) is 9.59 Å². The Balaban J connectivity index is 0.000000438. The standard InChI is InChI=1S/C19H20ClNOS.C2H2O4/c1-19(2,21)12-16(17-10-11-18(20)23-17)22-15-9-5-7-13-6-3-4-8-14(13)15;3-1(4)2(5)6/h3-11,16H,12,21H2,1-2H3;(H,3,4)(H,5,6). The second-order valence-corrected chi connectivity index (χ2v) is 8.78. The van der Waals surface area contributed by atoms with Crippen LogP contribution >= 0.6 is 22.9 Å². The summed E-state index contributed by atoms with van der Waals surface area (Å²) < 4.78 is 7.14. The first-order chi connectivity index (χ1) is 13.6. The van der Waals surface area contributed by atoms with Gasteiger partial charge in [-0.15, -0.1) is 11.3 Å². The molecule has 29 heavy (non-hydrogen) atoms. The number of thiophene rings is 1. The predicted octanol–water partition coefficient (Wildman–Crippen LogP) is 4.96. The summed E-state index contributed by atoms with van der Waals surface area (Å²) in [6.45, 7) is 4.03. The number of carbonyl (C=O) groups is 2.